The smallest absolute Gasteiger partial charge is 0.239 e. The van der Waals surface area contributed by atoms with Gasteiger partial charge in [-0.25, -0.2) is 8.78 Å². The topological polar surface area (TPSA) is 17.1 Å². The molecule has 0 saturated heterocycles. The minimum Gasteiger partial charge on any atom is -0.300 e. The van der Waals surface area contributed by atoms with E-state index >= 15 is 0 Å². The van der Waals surface area contributed by atoms with Crippen LogP contribution in [0.1, 0.15) is 32.1 Å². The maximum absolute atomic E-state index is 11.6. The van der Waals surface area contributed by atoms with Gasteiger partial charge in [-0.05, 0) is 12.8 Å². The third kappa shape index (κ3) is 7.57. The van der Waals surface area contributed by atoms with Crippen molar-refractivity contribution >= 4 is 5.78 Å². The summed E-state index contributed by atoms with van der Waals surface area (Å²) in [6.45, 7) is -0.442. The van der Waals surface area contributed by atoms with Crippen molar-refractivity contribution in [3.8, 4) is 0 Å². The molecule has 12 heavy (non-hydrogen) atoms. The Balaban J connectivity index is 3.22. The maximum atomic E-state index is 11.6. The summed E-state index contributed by atoms with van der Waals surface area (Å²) in [5.74, 6) is -0.191. The minimum absolute atomic E-state index is 0.0794. The molecule has 72 valence electrons. The Bertz CT molecular complexity index is 125. The van der Waals surface area contributed by atoms with Crippen molar-refractivity contribution in [1.82, 2.24) is 0 Å². The highest BCUT2D eigenvalue weighted by Gasteiger charge is 2.07. The van der Waals surface area contributed by atoms with Crippen LogP contribution >= 0.6 is 0 Å². The molecule has 0 fully saturated rings. The second kappa shape index (κ2) is 7.13. The van der Waals surface area contributed by atoms with Crippen molar-refractivity contribution in [1.29, 1.82) is 0 Å². The molecule has 0 aromatic carbocycles. The largest absolute Gasteiger partial charge is 0.300 e. The molecule has 4 heteroatoms. The second-order valence-electron chi connectivity index (χ2n) is 2.61. The van der Waals surface area contributed by atoms with E-state index in [0.717, 1.165) is 0 Å². The lowest BCUT2D eigenvalue weighted by Crippen LogP contribution is -2.01. The number of halogens is 3. The number of rotatable bonds is 7. The Morgan fingerprint density at radius 1 is 1.17 bits per heavy atom. The normalized spacial score (nSPS) is 10.7. The third-order valence-electron chi connectivity index (χ3n) is 1.48. The highest BCUT2D eigenvalue weighted by atomic mass is 19.3. The Morgan fingerprint density at radius 2 is 1.83 bits per heavy atom. The Hall–Kier alpha value is -0.540. The summed E-state index contributed by atoms with van der Waals surface area (Å²) in [7, 11) is 0. The van der Waals surface area contributed by atoms with Crippen LogP contribution in [-0.4, -0.2) is 18.9 Å². The van der Waals surface area contributed by atoms with Crippen LogP contribution < -0.4 is 0 Å². The number of carbonyl (C=O) groups is 1. The van der Waals surface area contributed by atoms with Crippen LogP contribution in [0.2, 0.25) is 0 Å². The molecule has 0 saturated carbocycles. The first-order valence-electron chi connectivity index (χ1n) is 4.02. The highest BCUT2D eigenvalue weighted by molar-refractivity contribution is 5.78. The molecule has 0 amide bonds. The Kier molecular flexibility index (Phi) is 6.81. The number of hydrogen-bond acceptors (Lipinski definition) is 1. The monoisotopic (exact) mass is 182 g/mol. The molecule has 0 aliphatic carbocycles. The van der Waals surface area contributed by atoms with Gasteiger partial charge < -0.3 is 0 Å². The van der Waals surface area contributed by atoms with Gasteiger partial charge in [0.15, 0.2) is 0 Å². The van der Waals surface area contributed by atoms with Crippen LogP contribution in [0.15, 0.2) is 0 Å². The SMILES string of the molecule is O=C(CCCCF)CCC(F)F. The molecule has 0 aromatic heterocycles. The molecule has 0 spiro atoms. The van der Waals surface area contributed by atoms with E-state index in [1.165, 1.54) is 0 Å². The molecular weight excluding hydrogens is 169 g/mol. The molecular formula is C8H13F3O. The van der Waals surface area contributed by atoms with Gasteiger partial charge in [0, 0.05) is 19.3 Å². The van der Waals surface area contributed by atoms with E-state index in [1.54, 1.807) is 0 Å². The number of hydrogen-bond donors (Lipinski definition) is 0. The van der Waals surface area contributed by atoms with Crippen molar-refractivity contribution in [2.75, 3.05) is 6.67 Å². The fraction of sp³-hybridized carbons (Fsp3) is 0.875. The number of carbonyl (C=O) groups excluding carboxylic acids is 1. The maximum Gasteiger partial charge on any atom is 0.239 e. The van der Waals surface area contributed by atoms with Gasteiger partial charge >= 0.3 is 0 Å². The number of alkyl halides is 3. The number of unbranched alkanes of at least 4 members (excludes halogenated alkanes) is 1. The second-order valence-corrected chi connectivity index (χ2v) is 2.61. The fourth-order valence-electron chi connectivity index (χ4n) is 0.812. The van der Waals surface area contributed by atoms with Crippen LogP contribution in [-0.2, 0) is 4.79 Å². The van der Waals surface area contributed by atoms with Crippen molar-refractivity contribution in [3.63, 3.8) is 0 Å². The zero-order valence-corrected chi connectivity index (χ0v) is 6.86. The lowest BCUT2D eigenvalue weighted by atomic mass is 10.1. The van der Waals surface area contributed by atoms with E-state index in [0.29, 0.717) is 12.8 Å². The van der Waals surface area contributed by atoms with Crippen LogP contribution in [0.5, 0.6) is 0 Å². The number of ketones is 1. The summed E-state index contributed by atoms with van der Waals surface area (Å²) in [4.78, 5) is 10.8. The molecule has 0 aliphatic heterocycles. The van der Waals surface area contributed by atoms with E-state index < -0.39 is 13.1 Å². The van der Waals surface area contributed by atoms with Crippen LogP contribution in [0.3, 0.4) is 0 Å². The van der Waals surface area contributed by atoms with Crippen molar-refractivity contribution in [3.05, 3.63) is 0 Å². The lowest BCUT2D eigenvalue weighted by molar-refractivity contribution is -0.119. The molecule has 0 N–H and O–H groups in total. The minimum atomic E-state index is -2.41. The van der Waals surface area contributed by atoms with E-state index in [9.17, 15) is 18.0 Å². The van der Waals surface area contributed by atoms with Crippen LogP contribution in [0.25, 0.3) is 0 Å². The van der Waals surface area contributed by atoms with Gasteiger partial charge in [-0.3, -0.25) is 9.18 Å². The quantitative estimate of drug-likeness (QED) is 0.553. The summed E-state index contributed by atoms with van der Waals surface area (Å²) in [5, 5.41) is 0. The summed E-state index contributed by atoms with van der Waals surface area (Å²) in [6, 6.07) is 0. The van der Waals surface area contributed by atoms with Crippen molar-refractivity contribution < 1.29 is 18.0 Å². The van der Waals surface area contributed by atoms with Crippen molar-refractivity contribution in [2.45, 2.75) is 38.5 Å². The average molecular weight is 182 g/mol. The summed E-state index contributed by atoms with van der Waals surface area (Å²) in [5.41, 5.74) is 0. The first kappa shape index (κ1) is 11.5. The predicted molar refractivity (Wildman–Crippen MR) is 40.1 cm³/mol. The summed E-state index contributed by atoms with van der Waals surface area (Å²) in [6.07, 6.45) is -1.80. The van der Waals surface area contributed by atoms with E-state index in [4.69, 9.17) is 0 Å². The van der Waals surface area contributed by atoms with Gasteiger partial charge in [0.1, 0.15) is 5.78 Å². The molecule has 0 bridgehead atoms. The molecule has 0 radical (unpaired) electrons. The summed E-state index contributed by atoms with van der Waals surface area (Å²) < 4.78 is 34.7. The van der Waals surface area contributed by atoms with Gasteiger partial charge in [-0.1, -0.05) is 0 Å². The Morgan fingerprint density at radius 3 is 2.33 bits per heavy atom. The van der Waals surface area contributed by atoms with Gasteiger partial charge in [-0.15, -0.1) is 0 Å². The molecule has 0 aromatic rings. The van der Waals surface area contributed by atoms with Gasteiger partial charge in [0.05, 0.1) is 6.67 Å². The van der Waals surface area contributed by atoms with Gasteiger partial charge in [0.2, 0.25) is 6.43 Å². The van der Waals surface area contributed by atoms with Crippen LogP contribution in [0.4, 0.5) is 13.2 Å². The Labute approximate surface area is 70.0 Å². The van der Waals surface area contributed by atoms with Gasteiger partial charge in [0.25, 0.3) is 0 Å². The predicted octanol–water partition coefficient (Wildman–Crippen LogP) is 2.74. The fourth-order valence-corrected chi connectivity index (χ4v) is 0.812. The first-order valence-corrected chi connectivity index (χ1v) is 4.02. The van der Waals surface area contributed by atoms with E-state index in [2.05, 4.69) is 0 Å². The molecule has 0 unspecified atom stereocenters. The molecule has 0 heterocycles. The molecule has 0 rings (SSSR count). The summed E-state index contributed by atoms with van der Waals surface area (Å²) >= 11 is 0. The van der Waals surface area contributed by atoms with Gasteiger partial charge in [-0.2, -0.15) is 0 Å². The highest BCUT2D eigenvalue weighted by Crippen LogP contribution is 2.07. The third-order valence-corrected chi connectivity index (χ3v) is 1.48. The lowest BCUT2D eigenvalue weighted by Gasteiger charge is -1.98. The zero-order valence-electron chi connectivity index (χ0n) is 6.86. The molecule has 0 aliphatic rings. The first-order chi connectivity index (χ1) is 5.66. The number of Topliss-reactive ketones (excluding diaryl/α,β-unsaturated/α-hetero) is 1. The molecule has 0 atom stereocenters. The average Bonchev–Trinajstić information content (AvgIpc) is 2.01. The molecule has 1 nitrogen and oxygen atoms in total. The van der Waals surface area contributed by atoms with Crippen LogP contribution in [0, 0.1) is 0 Å². The van der Waals surface area contributed by atoms with E-state index in [-0.39, 0.29) is 25.0 Å². The van der Waals surface area contributed by atoms with E-state index in [1.807, 2.05) is 0 Å². The van der Waals surface area contributed by atoms with Crippen molar-refractivity contribution in [2.24, 2.45) is 0 Å². The standard InChI is InChI=1S/C8H13F3O/c9-6-2-1-3-7(12)4-5-8(10)11/h8H,1-6H2. The zero-order chi connectivity index (χ0) is 9.40.